The molecule has 6 nitrogen and oxygen atoms in total. The van der Waals surface area contributed by atoms with E-state index in [1.54, 1.807) is 17.0 Å². The Morgan fingerprint density at radius 1 is 1.27 bits per heavy atom. The summed E-state index contributed by atoms with van der Waals surface area (Å²) >= 11 is 0. The lowest BCUT2D eigenvalue weighted by Gasteiger charge is -2.09. The van der Waals surface area contributed by atoms with E-state index in [4.69, 9.17) is 4.74 Å². The maximum Gasteiger partial charge on any atom is 0.320 e. The number of fused-ring (bicyclic) bond motifs is 1. The smallest absolute Gasteiger partial charge is 0.320 e. The van der Waals surface area contributed by atoms with Crippen LogP contribution in [0.2, 0.25) is 0 Å². The third-order valence-electron chi connectivity index (χ3n) is 4.46. The summed E-state index contributed by atoms with van der Waals surface area (Å²) in [5, 5.41) is 3.35. The van der Waals surface area contributed by atoms with Crippen LogP contribution in [0, 0.1) is 11.6 Å². The van der Waals surface area contributed by atoms with Crippen molar-refractivity contribution in [3.63, 3.8) is 0 Å². The van der Waals surface area contributed by atoms with Crippen LogP contribution in [0.25, 0.3) is 11.2 Å². The molecule has 1 N–H and O–H groups in total. The Bertz CT molecular complexity index is 958. The lowest BCUT2D eigenvalue weighted by molar-refractivity contribution is 0.293. The van der Waals surface area contributed by atoms with Gasteiger partial charge in [0.05, 0.1) is 12.9 Å². The van der Waals surface area contributed by atoms with Gasteiger partial charge in [-0.15, -0.1) is 0 Å². The number of anilines is 1. The summed E-state index contributed by atoms with van der Waals surface area (Å²) in [6.45, 7) is 2.54. The zero-order chi connectivity index (χ0) is 18.3. The fourth-order valence-corrected chi connectivity index (χ4v) is 2.99. The van der Waals surface area contributed by atoms with E-state index >= 15 is 0 Å². The van der Waals surface area contributed by atoms with Crippen molar-refractivity contribution >= 4 is 17.0 Å². The molecular weight excluding hydrogens is 340 g/mol. The van der Waals surface area contributed by atoms with Gasteiger partial charge in [-0.3, -0.25) is 0 Å². The third-order valence-corrected chi connectivity index (χ3v) is 4.46. The highest BCUT2D eigenvalue weighted by Crippen LogP contribution is 2.43. The molecule has 2 aromatic heterocycles. The van der Waals surface area contributed by atoms with Crippen LogP contribution in [0.3, 0.4) is 0 Å². The van der Waals surface area contributed by atoms with Gasteiger partial charge in [0.25, 0.3) is 0 Å². The molecule has 0 spiro atoms. The summed E-state index contributed by atoms with van der Waals surface area (Å²) in [6.07, 6.45) is 3.35. The first-order chi connectivity index (χ1) is 12.6. The standard InChI is InChI=1S/C18H19F2N5O/c1-3-6-26-18-23-16(15-17(24-18)25(2)9-21-15)22-14-8-11(14)10-4-5-12(19)13(20)7-10/h4-5,7,9,11,14H,3,6,8H2,1-2H3,(H,22,23,24). The number of hydrogen-bond donors (Lipinski definition) is 1. The second kappa shape index (κ2) is 6.51. The first kappa shape index (κ1) is 16.7. The van der Waals surface area contributed by atoms with E-state index in [1.807, 2.05) is 14.0 Å². The lowest BCUT2D eigenvalue weighted by atomic mass is 10.1. The molecule has 1 saturated carbocycles. The quantitative estimate of drug-likeness (QED) is 0.731. The zero-order valence-electron chi connectivity index (χ0n) is 14.5. The number of rotatable bonds is 6. The van der Waals surface area contributed by atoms with Gasteiger partial charge in [-0.1, -0.05) is 13.0 Å². The molecule has 0 bridgehead atoms. The van der Waals surface area contributed by atoms with Crippen molar-refractivity contribution in [1.82, 2.24) is 19.5 Å². The second-order valence-electron chi connectivity index (χ2n) is 6.50. The molecule has 4 rings (SSSR count). The van der Waals surface area contributed by atoms with Crippen molar-refractivity contribution in [2.24, 2.45) is 7.05 Å². The molecular formula is C18H19F2N5O. The number of nitrogens with one attached hydrogen (secondary N) is 1. The van der Waals surface area contributed by atoms with Crippen molar-refractivity contribution in [2.45, 2.75) is 31.7 Å². The molecule has 1 aliphatic rings. The average Bonchev–Trinajstić information content (AvgIpc) is 3.29. The van der Waals surface area contributed by atoms with E-state index in [-0.39, 0.29) is 12.0 Å². The van der Waals surface area contributed by atoms with E-state index < -0.39 is 11.6 Å². The Kier molecular flexibility index (Phi) is 4.18. The molecule has 1 fully saturated rings. The zero-order valence-corrected chi connectivity index (χ0v) is 14.5. The number of benzene rings is 1. The molecule has 136 valence electrons. The number of imidazole rings is 1. The minimum atomic E-state index is -0.831. The Balaban J connectivity index is 1.58. The molecule has 2 heterocycles. The van der Waals surface area contributed by atoms with Gasteiger partial charge in [0.15, 0.2) is 28.6 Å². The van der Waals surface area contributed by atoms with E-state index in [0.717, 1.165) is 18.4 Å². The molecule has 0 saturated heterocycles. The van der Waals surface area contributed by atoms with Gasteiger partial charge >= 0.3 is 6.01 Å². The van der Waals surface area contributed by atoms with Crippen LogP contribution in [0.4, 0.5) is 14.6 Å². The predicted octanol–water partition coefficient (Wildman–Crippen LogP) is 3.40. The van der Waals surface area contributed by atoms with Crippen LogP contribution in [-0.2, 0) is 7.05 Å². The van der Waals surface area contributed by atoms with Gasteiger partial charge in [-0.05, 0) is 30.5 Å². The van der Waals surface area contributed by atoms with E-state index in [2.05, 4.69) is 20.3 Å². The summed E-state index contributed by atoms with van der Waals surface area (Å²) in [4.78, 5) is 13.2. The summed E-state index contributed by atoms with van der Waals surface area (Å²) in [5.74, 6) is -0.948. The Hall–Kier alpha value is -2.77. The van der Waals surface area contributed by atoms with Crippen molar-refractivity contribution in [3.8, 4) is 6.01 Å². The highest BCUT2D eigenvalue weighted by molar-refractivity contribution is 5.83. The first-order valence-electron chi connectivity index (χ1n) is 8.60. The second-order valence-corrected chi connectivity index (χ2v) is 6.50. The molecule has 3 aromatic rings. The van der Waals surface area contributed by atoms with Gasteiger partial charge < -0.3 is 14.6 Å². The lowest BCUT2D eigenvalue weighted by Crippen LogP contribution is -2.09. The van der Waals surface area contributed by atoms with Crippen LogP contribution < -0.4 is 10.1 Å². The normalized spacial score (nSPS) is 18.9. The molecule has 2 atom stereocenters. The summed E-state index contributed by atoms with van der Waals surface area (Å²) in [5.41, 5.74) is 2.11. The summed E-state index contributed by atoms with van der Waals surface area (Å²) in [7, 11) is 1.86. The molecule has 0 amide bonds. The molecule has 26 heavy (non-hydrogen) atoms. The van der Waals surface area contributed by atoms with Gasteiger partial charge in [0.1, 0.15) is 0 Å². The van der Waals surface area contributed by atoms with Crippen LogP contribution in [0.5, 0.6) is 6.01 Å². The number of nitrogens with zero attached hydrogens (tertiary/aromatic N) is 4. The maximum absolute atomic E-state index is 13.5. The summed E-state index contributed by atoms with van der Waals surface area (Å²) in [6, 6.07) is 4.43. The van der Waals surface area contributed by atoms with Crippen LogP contribution in [0.1, 0.15) is 31.2 Å². The molecule has 1 aliphatic carbocycles. The fourth-order valence-electron chi connectivity index (χ4n) is 2.99. The Morgan fingerprint density at radius 3 is 2.88 bits per heavy atom. The van der Waals surface area contributed by atoms with Gasteiger partial charge in [-0.2, -0.15) is 9.97 Å². The third kappa shape index (κ3) is 3.07. The van der Waals surface area contributed by atoms with Crippen molar-refractivity contribution in [2.75, 3.05) is 11.9 Å². The Morgan fingerprint density at radius 2 is 2.12 bits per heavy atom. The van der Waals surface area contributed by atoms with Gasteiger partial charge in [0.2, 0.25) is 0 Å². The van der Waals surface area contributed by atoms with Gasteiger partial charge in [0, 0.05) is 19.0 Å². The van der Waals surface area contributed by atoms with Crippen molar-refractivity contribution in [1.29, 1.82) is 0 Å². The van der Waals surface area contributed by atoms with E-state index in [0.29, 0.717) is 29.6 Å². The van der Waals surface area contributed by atoms with Crippen LogP contribution >= 0.6 is 0 Å². The average molecular weight is 359 g/mol. The molecule has 8 heteroatoms. The maximum atomic E-state index is 13.5. The van der Waals surface area contributed by atoms with E-state index in [9.17, 15) is 8.78 Å². The number of halogens is 2. The summed E-state index contributed by atoms with van der Waals surface area (Å²) < 4.78 is 34.0. The molecule has 0 radical (unpaired) electrons. The van der Waals surface area contributed by atoms with Gasteiger partial charge in [-0.25, -0.2) is 13.8 Å². The first-order valence-corrected chi connectivity index (χ1v) is 8.60. The van der Waals surface area contributed by atoms with Crippen molar-refractivity contribution in [3.05, 3.63) is 41.7 Å². The highest BCUT2D eigenvalue weighted by atomic mass is 19.2. The predicted molar refractivity (Wildman–Crippen MR) is 93.2 cm³/mol. The van der Waals surface area contributed by atoms with Crippen LogP contribution in [0.15, 0.2) is 24.5 Å². The largest absolute Gasteiger partial charge is 0.463 e. The highest BCUT2D eigenvalue weighted by Gasteiger charge is 2.39. The fraction of sp³-hybridized carbons (Fsp3) is 0.389. The molecule has 0 aliphatic heterocycles. The molecule has 1 aromatic carbocycles. The van der Waals surface area contributed by atoms with Crippen molar-refractivity contribution < 1.29 is 13.5 Å². The number of hydrogen-bond acceptors (Lipinski definition) is 5. The number of aryl methyl sites for hydroxylation is 1. The monoisotopic (exact) mass is 359 g/mol. The molecule has 2 unspecified atom stereocenters. The number of aromatic nitrogens is 4. The van der Waals surface area contributed by atoms with Crippen LogP contribution in [-0.4, -0.2) is 32.2 Å². The Labute approximate surface area is 149 Å². The SMILES string of the molecule is CCCOc1nc(NC2CC2c2ccc(F)c(F)c2)c2ncn(C)c2n1. The van der Waals surface area contributed by atoms with E-state index in [1.165, 1.54) is 12.1 Å². The topological polar surface area (TPSA) is 64.9 Å². The minimum absolute atomic E-state index is 0.0824. The number of ether oxygens (including phenoxy) is 1. The minimum Gasteiger partial charge on any atom is -0.463 e.